The zero-order valence-corrected chi connectivity index (χ0v) is 13.9. The molecule has 3 aromatic rings. The Kier molecular flexibility index (Phi) is 3.45. The lowest BCUT2D eigenvalue weighted by atomic mass is 10.1. The Hall–Kier alpha value is -2.88. The first-order valence-corrected chi connectivity index (χ1v) is 8.11. The van der Waals surface area contributed by atoms with Crippen LogP contribution in [0.5, 0.6) is 0 Å². The van der Waals surface area contributed by atoms with Gasteiger partial charge >= 0.3 is 0 Å². The first kappa shape index (κ1) is 14.7. The molecule has 4 nitrogen and oxygen atoms in total. The van der Waals surface area contributed by atoms with E-state index in [1.165, 1.54) is 11.1 Å². The standard InChI is InChI=1S/C20H19N3O/c1-14-11-15(2)23(21-14)19-9-7-16(8-10-19)20(24)22-12-17-5-3-4-6-18(17)13-22/h3-11H,12-13H2,1-2H3. The normalized spacial score (nSPS) is 13.2. The number of amides is 1. The van der Waals surface area contributed by atoms with Crippen LogP contribution in [-0.2, 0) is 13.1 Å². The quantitative estimate of drug-likeness (QED) is 0.723. The maximum Gasteiger partial charge on any atom is 0.254 e. The summed E-state index contributed by atoms with van der Waals surface area (Å²) in [6, 6.07) is 18.0. The van der Waals surface area contributed by atoms with Gasteiger partial charge in [-0.15, -0.1) is 0 Å². The lowest BCUT2D eigenvalue weighted by Crippen LogP contribution is -2.25. The summed E-state index contributed by atoms with van der Waals surface area (Å²) in [4.78, 5) is 14.6. The van der Waals surface area contributed by atoms with Crippen molar-refractivity contribution < 1.29 is 4.79 Å². The van der Waals surface area contributed by atoms with Gasteiger partial charge in [-0.2, -0.15) is 5.10 Å². The van der Waals surface area contributed by atoms with Gasteiger partial charge < -0.3 is 4.90 Å². The Morgan fingerprint density at radius 2 is 1.58 bits per heavy atom. The molecule has 120 valence electrons. The van der Waals surface area contributed by atoms with Crippen LogP contribution in [0.2, 0.25) is 0 Å². The Morgan fingerprint density at radius 3 is 2.12 bits per heavy atom. The number of carbonyl (C=O) groups excluding carboxylic acids is 1. The SMILES string of the molecule is Cc1cc(C)n(-c2ccc(C(=O)N3Cc4ccccc4C3)cc2)n1. The molecule has 2 aromatic carbocycles. The Bertz CT molecular complexity index is 884. The van der Waals surface area contributed by atoms with Crippen molar-refractivity contribution in [3.63, 3.8) is 0 Å². The highest BCUT2D eigenvalue weighted by molar-refractivity contribution is 5.94. The maximum atomic E-state index is 12.7. The molecule has 0 N–H and O–H groups in total. The minimum atomic E-state index is 0.0751. The summed E-state index contributed by atoms with van der Waals surface area (Å²) in [5.74, 6) is 0.0751. The fourth-order valence-electron chi connectivity index (χ4n) is 3.29. The number of carbonyl (C=O) groups is 1. The van der Waals surface area contributed by atoms with Crippen LogP contribution in [0.25, 0.3) is 5.69 Å². The average Bonchev–Trinajstić information content (AvgIpc) is 3.17. The average molecular weight is 317 g/mol. The highest BCUT2D eigenvalue weighted by Gasteiger charge is 2.23. The fraction of sp³-hybridized carbons (Fsp3) is 0.200. The van der Waals surface area contributed by atoms with E-state index in [4.69, 9.17) is 0 Å². The van der Waals surface area contributed by atoms with Crippen molar-refractivity contribution in [1.29, 1.82) is 0 Å². The van der Waals surface area contributed by atoms with Gasteiger partial charge in [0, 0.05) is 24.3 Å². The maximum absolute atomic E-state index is 12.7. The van der Waals surface area contributed by atoms with E-state index in [1.807, 2.05) is 65.9 Å². The molecule has 0 radical (unpaired) electrons. The van der Waals surface area contributed by atoms with Crippen LogP contribution in [0.15, 0.2) is 54.6 Å². The molecule has 24 heavy (non-hydrogen) atoms. The lowest BCUT2D eigenvalue weighted by molar-refractivity contribution is 0.0751. The Labute approximate surface area is 141 Å². The molecule has 0 bridgehead atoms. The van der Waals surface area contributed by atoms with Gasteiger partial charge in [0.2, 0.25) is 0 Å². The van der Waals surface area contributed by atoms with Crippen LogP contribution in [0.3, 0.4) is 0 Å². The van der Waals surface area contributed by atoms with Gasteiger partial charge in [0.1, 0.15) is 0 Å². The van der Waals surface area contributed by atoms with Crippen molar-refractivity contribution >= 4 is 5.91 Å². The van der Waals surface area contributed by atoms with Crippen LogP contribution < -0.4 is 0 Å². The van der Waals surface area contributed by atoms with Gasteiger partial charge in [-0.3, -0.25) is 4.79 Å². The summed E-state index contributed by atoms with van der Waals surface area (Å²) >= 11 is 0. The van der Waals surface area contributed by atoms with Gasteiger partial charge in [0.05, 0.1) is 11.4 Å². The number of nitrogens with zero attached hydrogens (tertiary/aromatic N) is 3. The monoisotopic (exact) mass is 317 g/mol. The smallest absolute Gasteiger partial charge is 0.254 e. The van der Waals surface area contributed by atoms with Gasteiger partial charge in [-0.25, -0.2) is 4.68 Å². The van der Waals surface area contributed by atoms with Crippen LogP contribution in [-0.4, -0.2) is 20.6 Å². The summed E-state index contributed by atoms with van der Waals surface area (Å²) in [5, 5.41) is 4.48. The number of aromatic nitrogens is 2. The minimum Gasteiger partial charge on any atom is -0.330 e. The number of fused-ring (bicyclic) bond motifs is 1. The first-order valence-electron chi connectivity index (χ1n) is 8.11. The van der Waals surface area contributed by atoms with Crippen LogP contribution in [0.4, 0.5) is 0 Å². The van der Waals surface area contributed by atoms with Crippen molar-refractivity contribution in [2.45, 2.75) is 26.9 Å². The van der Waals surface area contributed by atoms with E-state index in [0.717, 1.165) is 17.1 Å². The third-order valence-electron chi connectivity index (χ3n) is 4.50. The molecule has 1 aromatic heterocycles. The summed E-state index contributed by atoms with van der Waals surface area (Å²) in [6.45, 7) is 5.38. The molecule has 0 saturated heterocycles. The summed E-state index contributed by atoms with van der Waals surface area (Å²) < 4.78 is 1.90. The topological polar surface area (TPSA) is 38.1 Å². The van der Waals surface area contributed by atoms with E-state index in [2.05, 4.69) is 17.2 Å². The molecule has 1 aliphatic heterocycles. The number of benzene rings is 2. The molecule has 0 atom stereocenters. The number of aryl methyl sites for hydroxylation is 2. The summed E-state index contributed by atoms with van der Waals surface area (Å²) in [6.07, 6.45) is 0. The molecule has 4 rings (SSSR count). The van der Waals surface area contributed by atoms with Crippen LogP contribution in [0.1, 0.15) is 32.9 Å². The van der Waals surface area contributed by atoms with Crippen LogP contribution >= 0.6 is 0 Å². The largest absolute Gasteiger partial charge is 0.330 e. The Morgan fingerprint density at radius 1 is 0.958 bits per heavy atom. The van der Waals surface area contributed by atoms with Gasteiger partial charge in [0.15, 0.2) is 0 Å². The van der Waals surface area contributed by atoms with E-state index in [1.54, 1.807) is 0 Å². The molecule has 0 spiro atoms. The molecule has 4 heteroatoms. The molecular formula is C20H19N3O. The van der Waals surface area contributed by atoms with Gasteiger partial charge in [0.25, 0.3) is 5.91 Å². The number of hydrogen-bond acceptors (Lipinski definition) is 2. The summed E-state index contributed by atoms with van der Waals surface area (Å²) in [7, 11) is 0. The molecule has 2 heterocycles. The lowest BCUT2D eigenvalue weighted by Gasteiger charge is -2.15. The molecular weight excluding hydrogens is 298 g/mol. The van der Waals surface area contributed by atoms with Crippen molar-refractivity contribution in [2.75, 3.05) is 0 Å². The van der Waals surface area contributed by atoms with E-state index in [0.29, 0.717) is 18.7 Å². The van der Waals surface area contributed by atoms with Crippen molar-refractivity contribution in [3.05, 3.63) is 82.7 Å². The van der Waals surface area contributed by atoms with Crippen molar-refractivity contribution in [3.8, 4) is 5.69 Å². The van der Waals surface area contributed by atoms with E-state index < -0.39 is 0 Å². The number of hydrogen-bond donors (Lipinski definition) is 0. The van der Waals surface area contributed by atoms with E-state index >= 15 is 0 Å². The van der Waals surface area contributed by atoms with E-state index in [9.17, 15) is 4.79 Å². The van der Waals surface area contributed by atoms with Crippen molar-refractivity contribution in [1.82, 2.24) is 14.7 Å². The second kappa shape index (κ2) is 5.64. The fourth-order valence-corrected chi connectivity index (χ4v) is 3.29. The minimum absolute atomic E-state index is 0.0751. The Balaban J connectivity index is 1.55. The molecule has 0 saturated carbocycles. The molecule has 0 unspecified atom stereocenters. The predicted octanol–water partition coefficient (Wildman–Crippen LogP) is 3.65. The van der Waals surface area contributed by atoms with Crippen molar-refractivity contribution in [2.24, 2.45) is 0 Å². The van der Waals surface area contributed by atoms with Crippen LogP contribution in [0, 0.1) is 13.8 Å². The predicted molar refractivity (Wildman–Crippen MR) is 93.1 cm³/mol. The first-order chi connectivity index (χ1) is 11.6. The molecule has 1 amide bonds. The highest BCUT2D eigenvalue weighted by atomic mass is 16.2. The second-order valence-corrected chi connectivity index (χ2v) is 6.32. The van der Waals surface area contributed by atoms with E-state index in [-0.39, 0.29) is 5.91 Å². The highest BCUT2D eigenvalue weighted by Crippen LogP contribution is 2.24. The van der Waals surface area contributed by atoms with Gasteiger partial charge in [-0.1, -0.05) is 24.3 Å². The second-order valence-electron chi connectivity index (χ2n) is 6.32. The summed E-state index contributed by atoms with van der Waals surface area (Å²) in [5.41, 5.74) is 6.24. The third-order valence-corrected chi connectivity index (χ3v) is 4.50. The van der Waals surface area contributed by atoms with Gasteiger partial charge in [-0.05, 0) is 55.3 Å². The molecule has 0 aliphatic carbocycles. The molecule has 1 aliphatic rings. The third kappa shape index (κ3) is 2.50. The number of rotatable bonds is 2. The zero-order valence-electron chi connectivity index (χ0n) is 13.9. The zero-order chi connectivity index (χ0) is 16.7. The molecule has 0 fully saturated rings.